The highest BCUT2D eigenvalue weighted by atomic mass is 35.5. The van der Waals surface area contributed by atoms with Crippen LogP contribution in [0.2, 0.25) is 5.02 Å². The van der Waals surface area contributed by atoms with Crippen molar-refractivity contribution >= 4 is 33.2 Å². The quantitative estimate of drug-likeness (QED) is 0.629. The molecule has 0 unspecified atom stereocenters. The van der Waals surface area contributed by atoms with E-state index in [9.17, 15) is 17.6 Å². The summed E-state index contributed by atoms with van der Waals surface area (Å²) in [6.45, 7) is 0.222. The zero-order valence-corrected chi connectivity index (χ0v) is 16.1. The molecule has 0 heterocycles. The van der Waals surface area contributed by atoms with Gasteiger partial charge in [-0.3, -0.25) is 9.52 Å². The van der Waals surface area contributed by atoms with Crippen LogP contribution in [0.1, 0.15) is 15.9 Å². The summed E-state index contributed by atoms with van der Waals surface area (Å²) in [6, 6.07) is 17.7. The van der Waals surface area contributed by atoms with Crippen LogP contribution in [0.5, 0.6) is 0 Å². The molecule has 28 heavy (non-hydrogen) atoms. The molecule has 1 amide bonds. The molecule has 0 fully saturated rings. The number of amides is 1. The normalized spacial score (nSPS) is 11.1. The van der Waals surface area contributed by atoms with Gasteiger partial charge in [0.15, 0.2) is 0 Å². The molecule has 0 atom stereocenters. The maximum Gasteiger partial charge on any atom is 0.261 e. The Labute approximate surface area is 167 Å². The summed E-state index contributed by atoms with van der Waals surface area (Å²) in [5.41, 5.74) is 1.29. The Morgan fingerprint density at radius 1 is 0.964 bits per heavy atom. The van der Waals surface area contributed by atoms with E-state index in [1.807, 2.05) is 0 Å². The molecule has 0 spiro atoms. The fourth-order valence-corrected chi connectivity index (χ4v) is 3.61. The molecule has 3 rings (SSSR count). The predicted molar refractivity (Wildman–Crippen MR) is 106 cm³/mol. The van der Waals surface area contributed by atoms with Crippen LogP contribution in [0.15, 0.2) is 77.7 Å². The lowest BCUT2D eigenvalue weighted by atomic mass is 10.1. The highest BCUT2D eigenvalue weighted by Gasteiger charge is 2.15. The molecule has 144 valence electrons. The Morgan fingerprint density at radius 3 is 2.32 bits per heavy atom. The van der Waals surface area contributed by atoms with Crippen LogP contribution in [0, 0.1) is 5.82 Å². The summed E-state index contributed by atoms with van der Waals surface area (Å²) in [5.74, 6) is -0.729. The van der Waals surface area contributed by atoms with E-state index in [1.54, 1.807) is 30.3 Å². The third-order valence-corrected chi connectivity index (χ3v) is 5.52. The molecule has 0 aromatic heterocycles. The van der Waals surface area contributed by atoms with Gasteiger partial charge >= 0.3 is 0 Å². The van der Waals surface area contributed by atoms with Crippen molar-refractivity contribution in [3.05, 3.63) is 94.8 Å². The molecule has 2 N–H and O–H groups in total. The Balaban J connectivity index is 1.70. The summed E-state index contributed by atoms with van der Waals surface area (Å²) in [4.78, 5) is 12.4. The summed E-state index contributed by atoms with van der Waals surface area (Å²) in [7, 11) is -3.81. The predicted octanol–water partition coefficient (Wildman–Crippen LogP) is 4.21. The molecule has 3 aromatic carbocycles. The van der Waals surface area contributed by atoms with E-state index in [2.05, 4.69) is 10.0 Å². The molecule has 8 heteroatoms. The van der Waals surface area contributed by atoms with E-state index in [4.69, 9.17) is 11.6 Å². The number of carbonyl (C=O) groups excluding carboxylic acids is 1. The maximum absolute atomic E-state index is 12.9. The fraction of sp³-hybridized carbons (Fsp3) is 0.0500. The Morgan fingerprint density at radius 2 is 1.64 bits per heavy atom. The van der Waals surface area contributed by atoms with Crippen LogP contribution in [0.25, 0.3) is 0 Å². The SMILES string of the molecule is O=C(NCc1ccc(F)cc1)c1cccc(NS(=O)(=O)c2ccc(Cl)cc2)c1. The van der Waals surface area contributed by atoms with Crippen LogP contribution >= 0.6 is 11.6 Å². The van der Waals surface area contributed by atoms with Crippen molar-refractivity contribution in [2.24, 2.45) is 0 Å². The zero-order chi connectivity index (χ0) is 20.1. The fourth-order valence-electron chi connectivity index (χ4n) is 2.44. The van der Waals surface area contributed by atoms with Crippen LogP contribution < -0.4 is 10.0 Å². The van der Waals surface area contributed by atoms with Gasteiger partial charge in [-0.15, -0.1) is 0 Å². The number of hydrogen-bond acceptors (Lipinski definition) is 3. The van der Waals surface area contributed by atoms with Gasteiger partial charge in [0.1, 0.15) is 5.82 Å². The zero-order valence-electron chi connectivity index (χ0n) is 14.5. The minimum atomic E-state index is -3.81. The van der Waals surface area contributed by atoms with Gasteiger partial charge < -0.3 is 5.32 Å². The van der Waals surface area contributed by atoms with Crippen molar-refractivity contribution in [1.82, 2.24) is 5.32 Å². The first-order chi connectivity index (χ1) is 13.3. The standard InChI is InChI=1S/C20H16ClFN2O3S/c21-16-6-10-19(11-7-16)28(26,27)24-18-3-1-2-15(12-18)20(25)23-13-14-4-8-17(22)9-5-14/h1-12,24H,13H2,(H,23,25). The number of nitrogens with one attached hydrogen (secondary N) is 2. The topological polar surface area (TPSA) is 75.3 Å². The molecule has 5 nitrogen and oxygen atoms in total. The average molecular weight is 419 g/mol. The van der Waals surface area contributed by atoms with Gasteiger partial charge in [0.05, 0.1) is 4.90 Å². The first-order valence-corrected chi connectivity index (χ1v) is 10.1. The van der Waals surface area contributed by atoms with Crippen molar-refractivity contribution in [3.8, 4) is 0 Å². The van der Waals surface area contributed by atoms with E-state index in [0.29, 0.717) is 10.6 Å². The molecule has 0 radical (unpaired) electrons. The summed E-state index contributed by atoms with van der Waals surface area (Å²) >= 11 is 5.78. The third kappa shape index (κ3) is 5.09. The monoisotopic (exact) mass is 418 g/mol. The van der Waals surface area contributed by atoms with Gasteiger partial charge in [-0.05, 0) is 60.2 Å². The number of hydrogen-bond donors (Lipinski definition) is 2. The van der Waals surface area contributed by atoms with E-state index >= 15 is 0 Å². The first kappa shape index (κ1) is 19.9. The molecule has 0 saturated carbocycles. The van der Waals surface area contributed by atoms with E-state index in [-0.39, 0.29) is 28.9 Å². The van der Waals surface area contributed by atoms with Crippen molar-refractivity contribution in [2.75, 3.05) is 4.72 Å². The average Bonchev–Trinajstić information content (AvgIpc) is 2.67. The lowest BCUT2D eigenvalue weighted by Crippen LogP contribution is -2.23. The van der Waals surface area contributed by atoms with Gasteiger partial charge in [0.2, 0.25) is 0 Å². The van der Waals surface area contributed by atoms with Gasteiger partial charge in [-0.2, -0.15) is 0 Å². The Kier molecular flexibility index (Phi) is 5.96. The van der Waals surface area contributed by atoms with Crippen LogP contribution in [-0.4, -0.2) is 14.3 Å². The molecular weight excluding hydrogens is 403 g/mol. The Bertz CT molecular complexity index is 1090. The molecular formula is C20H16ClFN2O3S. The Hall–Kier alpha value is -2.90. The van der Waals surface area contributed by atoms with E-state index < -0.39 is 10.0 Å². The van der Waals surface area contributed by atoms with Crippen molar-refractivity contribution in [2.45, 2.75) is 11.4 Å². The molecule has 0 aliphatic rings. The molecule has 0 aliphatic heterocycles. The van der Waals surface area contributed by atoms with Gasteiger partial charge in [0.25, 0.3) is 15.9 Å². The number of carbonyl (C=O) groups is 1. The maximum atomic E-state index is 12.9. The van der Waals surface area contributed by atoms with Gasteiger partial charge in [-0.25, -0.2) is 12.8 Å². The second kappa shape index (κ2) is 8.41. The summed E-state index contributed by atoms with van der Waals surface area (Å²) in [5, 5.41) is 3.14. The molecule has 0 saturated heterocycles. The summed E-state index contributed by atoms with van der Waals surface area (Å²) < 4.78 is 40.3. The molecule has 3 aromatic rings. The smallest absolute Gasteiger partial charge is 0.261 e. The third-order valence-electron chi connectivity index (χ3n) is 3.87. The summed E-state index contributed by atoms with van der Waals surface area (Å²) in [6.07, 6.45) is 0. The highest BCUT2D eigenvalue weighted by molar-refractivity contribution is 7.92. The first-order valence-electron chi connectivity index (χ1n) is 8.24. The largest absolute Gasteiger partial charge is 0.348 e. The number of anilines is 1. The van der Waals surface area contributed by atoms with E-state index in [1.165, 1.54) is 42.5 Å². The second-order valence-electron chi connectivity index (χ2n) is 5.95. The van der Waals surface area contributed by atoms with Crippen molar-refractivity contribution in [3.63, 3.8) is 0 Å². The van der Waals surface area contributed by atoms with Gasteiger partial charge in [-0.1, -0.05) is 29.8 Å². The van der Waals surface area contributed by atoms with Gasteiger partial charge in [0, 0.05) is 22.8 Å². The second-order valence-corrected chi connectivity index (χ2v) is 8.07. The van der Waals surface area contributed by atoms with Crippen LogP contribution in [0.4, 0.5) is 10.1 Å². The van der Waals surface area contributed by atoms with Crippen molar-refractivity contribution in [1.29, 1.82) is 0 Å². The van der Waals surface area contributed by atoms with E-state index in [0.717, 1.165) is 5.56 Å². The molecule has 0 bridgehead atoms. The minimum Gasteiger partial charge on any atom is -0.348 e. The lowest BCUT2D eigenvalue weighted by molar-refractivity contribution is 0.0951. The molecule has 0 aliphatic carbocycles. The number of benzene rings is 3. The number of rotatable bonds is 6. The lowest BCUT2D eigenvalue weighted by Gasteiger charge is -2.10. The highest BCUT2D eigenvalue weighted by Crippen LogP contribution is 2.19. The van der Waals surface area contributed by atoms with Crippen molar-refractivity contribution < 1.29 is 17.6 Å². The van der Waals surface area contributed by atoms with Crippen LogP contribution in [-0.2, 0) is 16.6 Å². The number of halogens is 2. The van der Waals surface area contributed by atoms with Crippen LogP contribution in [0.3, 0.4) is 0 Å². The minimum absolute atomic E-state index is 0.0584. The number of sulfonamides is 1.